The summed E-state index contributed by atoms with van der Waals surface area (Å²) in [6.45, 7) is 0. The first kappa shape index (κ1) is 22.6. The number of anilines is 1. The van der Waals surface area contributed by atoms with E-state index in [1.165, 1.54) is 45.5 Å². The van der Waals surface area contributed by atoms with E-state index < -0.39 is 0 Å². The molecular formula is C28H22FN3S3. The second-order valence-corrected chi connectivity index (χ2v) is 11.7. The van der Waals surface area contributed by atoms with Gasteiger partial charge in [0.2, 0.25) is 0 Å². The van der Waals surface area contributed by atoms with Crippen molar-refractivity contribution in [1.82, 2.24) is 9.97 Å². The van der Waals surface area contributed by atoms with E-state index in [-0.39, 0.29) is 11.1 Å². The molecule has 0 fully saturated rings. The Kier molecular flexibility index (Phi) is 6.22. The molecule has 5 aromatic rings. The van der Waals surface area contributed by atoms with Crippen LogP contribution >= 0.6 is 34.9 Å². The number of thiophene rings is 1. The quantitative estimate of drug-likeness (QED) is 0.191. The Labute approximate surface area is 216 Å². The van der Waals surface area contributed by atoms with E-state index >= 15 is 0 Å². The number of nitrogens with zero attached hydrogens (tertiary/aromatic N) is 2. The molecular weight excluding hydrogens is 494 g/mol. The first-order chi connectivity index (χ1) is 17.2. The zero-order valence-electron chi connectivity index (χ0n) is 18.7. The average molecular weight is 516 g/mol. The molecule has 7 heteroatoms. The second kappa shape index (κ2) is 9.64. The maximum Gasteiger partial charge on any atom is 0.191 e. The van der Waals surface area contributed by atoms with Gasteiger partial charge in [-0.25, -0.2) is 14.4 Å². The number of thioether (sulfide) groups is 2. The summed E-state index contributed by atoms with van der Waals surface area (Å²) in [6.07, 6.45) is 0.906. The lowest BCUT2D eigenvalue weighted by atomic mass is 9.98. The van der Waals surface area contributed by atoms with Crippen LogP contribution in [0.5, 0.6) is 0 Å². The van der Waals surface area contributed by atoms with E-state index in [1.54, 1.807) is 23.5 Å². The van der Waals surface area contributed by atoms with Crippen molar-refractivity contribution in [3.05, 3.63) is 118 Å². The molecule has 0 aliphatic carbocycles. The van der Waals surface area contributed by atoms with Gasteiger partial charge in [-0.3, -0.25) is 0 Å². The number of aromatic nitrogens is 2. The van der Waals surface area contributed by atoms with Gasteiger partial charge in [-0.2, -0.15) is 0 Å². The van der Waals surface area contributed by atoms with Gasteiger partial charge in [0.1, 0.15) is 16.5 Å². The van der Waals surface area contributed by atoms with Crippen molar-refractivity contribution in [1.29, 1.82) is 0 Å². The summed E-state index contributed by atoms with van der Waals surface area (Å²) in [4.78, 5) is 11.8. The number of hydrogen-bond donors (Lipinski definition) is 1. The van der Waals surface area contributed by atoms with E-state index in [0.717, 1.165) is 22.2 Å². The van der Waals surface area contributed by atoms with Gasteiger partial charge in [0.05, 0.1) is 10.6 Å². The summed E-state index contributed by atoms with van der Waals surface area (Å²) >= 11 is 5.26. The van der Waals surface area contributed by atoms with E-state index in [9.17, 15) is 4.39 Å². The zero-order chi connectivity index (χ0) is 23.8. The number of rotatable bonds is 5. The Morgan fingerprint density at radius 2 is 1.57 bits per heavy atom. The predicted molar refractivity (Wildman–Crippen MR) is 147 cm³/mol. The minimum Gasteiger partial charge on any atom is -0.383 e. The van der Waals surface area contributed by atoms with Gasteiger partial charge in [-0.15, -0.1) is 23.1 Å². The van der Waals surface area contributed by atoms with E-state index in [1.807, 2.05) is 11.8 Å². The van der Waals surface area contributed by atoms with Crippen LogP contribution in [0.25, 0.3) is 10.2 Å². The molecule has 3 nitrogen and oxygen atoms in total. The van der Waals surface area contributed by atoms with Gasteiger partial charge in [-0.1, -0.05) is 84.6 Å². The topological polar surface area (TPSA) is 51.8 Å². The molecule has 0 bridgehead atoms. The summed E-state index contributed by atoms with van der Waals surface area (Å²) in [5.41, 5.74) is 11.5. The van der Waals surface area contributed by atoms with Crippen molar-refractivity contribution in [2.75, 3.05) is 5.73 Å². The summed E-state index contributed by atoms with van der Waals surface area (Å²) in [5.74, 6) is 0.971. The standard InChI is InChI=1S/C28H22FN3S3/c29-20-13-11-17(12-14-20)16-33-28-31-26(30)23-21-15-22(18-7-3-1-4-8-18)34-24(19-9-5-2-6-10-19)25(21)35-27(23)32-28/h1-14,22,24H,15-16H2,(H2,30,31,32). The number of nitrogen functional groups attached to an aromatic ring is 1. The van der Waals surface area contributed by atoms with Crippen molar-refractivity contribution in [3.63, 3.8) is 0 Å². The van der Waals surface area contributed by atoms with Crippen LogP contribution in [0, 0.1) is 5.82 Å². The highest BCUT2D eigenvalue weighted by Gasteiger charge is 2.34. The van der Waals surface area contributed by atoms with Crippen LogP contribution in [-0.2, 0) is 12.2 Å². The minimum absolute atomic E-state index is 0.221. The Balaban J connectivity index is 1.39. The number of halogens is 1. The molecule has 1 aliphatic rings. The highest BCUT2D eigenvalue weighted by molar-refractivity contribution is 8.00. The highest BCUT2D eigenvalue weighted by atomic mass is 32.2. The molecule has 6 rings (SSSR count). The molecule has 2 aromatic heterocycles. The van der Waals surface area contributed by atoms with E-state index in [2.05, 4.69) is 65.6 Å². The Hall–Kier alpha value is -2.87. The molecule has 0 saturated heterocycles. The number of nitrogens with two attached hydrogens (primary N) is 1. The fourth-order valence-electron chi connectivity index (χ4n) is 4.47. The molecule has 0 spiro atoms. The maximum absolute atomic E-state index is 13.2. The smallest absolute Gasteiger partial charge is 0.191 e. The SMILES string of the molecule is Nc1nc(SCc2ccc(F)cc2)nc2sc3c(c12)CC(c1ccccc1)SC3c1ccccc1. The Morgan fingerprint density at radius 3 is 2.29 bits per heavy atom. The molecule has 3 heterocycles. The van der Waals surface area contributed by atoms with Crippen molar-refractivity contribution in [2.24, 2.45) is 0 Å². The van der Waals surface area contributed by atoms with Gasteiger partial charge < -0.3 is 5.73 Å². The third kappa shape index (κ3) is 4.56. The number of hydrogen-bond acceptors (Lipinski definition) is 6. The van der Waals surface area contributed by atoms with E-state index in [0.29, 0.717) is 22.0 Å². The molecule has 0 amide bonds. The number of benzene rings is 3. The van der Waals surface area contributed by atoms with Crippen LogP contribution in [0.1, 0.15) is 37.6 Å². The minimum atomic E-state index is -0.232. The summed E-state index contributed by atoms with van der Waals surface area (Å²) < 4.78 is 13.2. The van der Waals surface area contributed by atoms with Gasteiger partial charge in [0.15, 0.2) is 5.16 Å². The van der Waals surface area contributed by atoms with Crippen LogP contribution in [0.3, 0.4) is 0 Å². The van der Waals surface area contributed by atoms with Crippen molar-refractivity contribution < 1.29 is 4.39 Å². The Bertz CT molecular complexity index is 1470. The zero-order valence-corrected chi connectivity index (χ0v) is 21.2. The van der Waals surface area contributed by atoms with Gasteiger partial charge in [0, 0.05) is 15.9 Å². The highest BCUT2D eigenvalue weighted by Crippen LogP contribution is 2.55. The fraction of sp³-hybridized carbons (Fsp3) is 0.143. The first-order valence-electron chi connectivity index (χ1n) is 11.4. The predicted octanol–water partition coefficient (Wildman–Crippen LogP) is 7.82. The summed E-state index contributed by atoms with van der Waals surface area (Å²) in [6, 6.07) is 27.9. The largest absolute Gasteiger partial charge is 0.383 e. The molecule has 0 saturated carbocycles. The van der Waals surface area contributed by atoms with Gasteiger partial charge in [0.25, 0.3) is 0 Å². The fourth-order valence-corrected chi connectivity index (χ4v) is 8.36. The van der Waals surface area contributed by atoms with E-state index in [4.69, 9.17) is 10.7 Å². The summed E-state index contributed by atoms with van der Waals surface area (Å²) in [5, 5.41) is 2.21. The molecule has 3 aromatic carbocycles. The lowest BCUT2D eigenvalue weighted by Crippen LogP contribution is -2.12. The monoisotopic (exact) mass is 515 g/mol. The van der Waals surface area contributed by atoms with Crippen LogP contribution < -0.4 is 5.73 Å². The Morgan fingerprint density at radius 1 is 0.886 bits per heavy atom. The third-order valence-corrected chi connectivity index (χ3v) is 9.98. The molecule has 2 N–H and O–H groups in total. The second-order valence-electron chi connectivity index (χ2n) is 8.46. The molecule has 0 radical (unpaired) electrons. The molecule has 1 aliphatic heterocycles. The molecule has 35 heavy (non-hydrogen) atoms. The van der Waals surface area contributed by atoms with Crippen LogP contribution in [0.15, 0.2) is 90.1 Å². The lowest BCUT2D eigenvalue weighted by molar-refractivity contribution is 0.627. The molecule has 2 unspecified atom stereocenters. The van der Waals surface area contributed by atoms with Crippen LogP contribution in [0.2, 0.25) is 0 Å². The van der Waals surface area contributed by atoms with Crippen LogP contribution in [-0.4, -0.2) is 9.97 Å². The first-order valence-corrected chi connectivity index (χ1v) is 14.1. The normalized spacial score (nSPS) is 17.4. The average Bonchev–Trinajstić information content (AvgIpc) is 3.28. The van der Waals surface area contributed by atoms with Gasteiger partial charge >= 0.3 is 0 Å². The van der Waals surface area contributed by atoms with Crippen molar-refractivity contribution in [3.8, 4) is 0 Å². The third-order valence-electron chi connectivity index (χ3n) is 6.17. The molecule has 2 atom stereocenters. The van der Waals surface area contributed by atoms with Crippen LogP contribution in [0.4, 0.5) is 10.2 Å². The summed E-state index contributed by atoms with van der Waals surface area (Å²) in [7, 11) is 0. The maximum atomic E-state index is 13.2. The lowest BCUT2D eigenvalue weighted by Gasteiger charge is -2.30. The van der Waals surface area contributed by atoms with Crippen molar-refractivity contribution in [2.45, 2.75) is 27.8 Å². The van der Waals surface area contributed by atoms with Crippen molar-refractivity contribution >= 4 is 50.9 Å². The van der Waals surface area contributed by atoms with Gasteiger partial charge in [-0.05, 0) is 40.8 Å². The molecule has 174 valence electrons. The number of fused-ring (bicyclic) bond motifs is 3.